The van der Waals surface area contributed by atoms with Gasteiger partial charge in [-0.15, -0.1) is 0 Å². The molecule has 0 fully saturated rings. The SMILES string of the molecule is COc1ccccc1C(=O)c1sc(N)nc1-c1cc(C(F)(F)F)cc(C(F)(F)F)c1. The Morgan fingerprint density at radius 1 is 1.00 bits per heavy atom. The van der Waals surface area contributed by atoms with E-state index < -0.39 is 34.8 Å². The maximum atomic E-state index is 13.2. The Morgan fingerprint density at radius 3 is 2.10 bits per heavy atom. The largest absolute Gasteiger partial charge is 0.496 e. The van der Waals surface area contributed by atoms with Gasteiger partial charge in [0.2, 0.25) is 5.78 Å². The molecule has 0 aliphatic carbocycles. The Bertz CT molecular complexity index is 1070. The molecule has 1 aromatic heterocycles. The molecule has 2 N–H and O–H groups in total. The summed E-state index contributed by atoms with van der Waals surface area (Å²) in [5.74, 6) is -0.511. The molecule has 0 aliphatic rings. The van der Waals surface area contributed by atoms with Crippen LogP contribution in [0.3, 0.4) is 0 Å². The number of nitrogens with zero attached hydrogens (tertiary/aromatic N) is 1. The molecule has 4 nitrogen and oxygen atoms in total. The van der Waals surface area contributed by atoms with E-state index in [9.17, 15) is 31.1 Å². The van der Waals surface area contributed by atoms with Crippen LogP contribution in [0.2, 0.25) is 0 Å². The summed E-state index contributed by atoms with van der Waals surface area (Å²) in [5, 5.41) is -0.186. The number of ketones is 1. The zero-order chi connectivity index (χ0) is 22.3. The fourth-order valence-electron chi connectivity index (χ4n) is 2.73. The highest BCUT2D eigenvalue weighted by molar-refractivity contribution is 7.18. The molecule has 0 saturated heterocycles. The van der Waals surface area contributed by atoms with E-state index in [1.165, 1.54) is 25.3 Å². The van der Waals surface area contributed by atoms with Crippen LogP contribution < -0.4 is 10.5 Å². The molecule has 0 aliphatic heterocycles. The van der Waals surface area contributed by atoms with Gasteiger partial charge in [0.25, 0.3) is 0 Å². The molecule has 3 rings (SSSR count). The second-order valence-corrected chi connectivity index (χ2v) is 7.08. The molecular weight excluding hydrogens is 434 g/mol. The predicted octanol–water partition coefficient (Wildman–Crippen LogP) is 5.67. The van der Waals surface area contributed by atoms with Gasteiger partial charge in [0.1, 0.15) is 10.6 Å². The molecule has 0 amide bonds. The first-order valence-corrected chi connectivity index (χ1v) is 8.97. The van der Waals surface area contributed by atoms with Crippen molar-refractivity contribution < 1.29 is 35.9 Å². The van der Waals surface area contributed by atoms with Crippen LogP contribution >= 0.6 is 11.3 Å². The van der Waals surface area contributed by atoms with Gasteiger partial charge in [-0.1, -0.05) is 23.5 Å². The highest BCUT2D eigenvalue weighted by Gasteiger charge is 2.37. The Kier molecular flexibility index (Phi) is 5.50. The number of nitrogen functional groups attached to an aromatic ring is 1. The number of anilines is 1. The van der Waals surface area contributed by atoms with Gasteiger partial charge in [0, 0.05) is 5.56 Å². The van der Waals surface area contributed by atoms with E-state index in [0.29, 0.717) is 23.5 Å². The molecular formula is C19H12F6N2O2S. The van der Waals surface area contributed by atoms with Gasteiger partial charge in [-0.2, -0.15) is 26.3 Å². The van der Waals surface area contributed by atoms with E-state index in [0.717, 1.165) is 0 Å². The average molecular weight is 446 g/mol. The number of methoxy groups -OCH3 is 1. The Hall–Kier alpha value is -3.08. The van der Waals surface area contributed by atoms with Gasteiger partial charge in [0.15, 0.2) is 5.13 Å². The second-order valence-electron chi connectivity index (χ2n) is 6.05. The summed E-state index contributed by atoms with van der Waals surface area (Å²) in [6, 6.07) is 7.04. The number of aromatic nitrogens is 1. The van der Waals surface area contributed by atoms with Crippen molar-refractivity contribution in [1.29, 1.82) is 0 Å². The maximum Gasteiger partial charge on any atom is 0.416 e. The van der Waals surface area contributed by atoms with Gasteiger partial charge in [-0.05, 0) is 30.3 Å². The van der Waals surface area contributed by atoms with E-state index in [4.69, 9.17) is 10.5 Å². The highest BCUT2D eigenvalue weighted by atomic mass is 32.1. The van der Waals surface area contributed by atoms with Crippen LogP contribution in [-0.4, -0.2) is 17.9 Å². The van der Waals surface area contributed by atoms with Crippen molar-refractivity contribution in [2.75, 3.05) is 12.8 Å². The second kappa shape index (κ2) is 7.63. The standard InChI is InChI=1S/C19H12F6N2O2S/c1-29-13-5-3-2-4-12(13)15(28)16-14(27-17(26)30-16)9-6-10(18(20,21)22)8-11(7-9)19(23,24)25/h2-8H,1H3,(H2,26,27). The fourth-order valence-corrected chi connectivity index (χ4v) is 3.54. The van der Waals surface area contributed by atoms with Crippen molar-refractivity contribution in [3.05, 3.63) is 64.0 Å². The molecule has 0 unspecified atom stereocenters. The first kappa shape index (κ1) is 21.6. The molecule has 1 heterocycles. The lowest BCUT2D eigenvalue weighted by molar-refractivity contribution is -0.143. The van der Waals surface area contributed by atoms with Crippen LogP contribution in [0.4, 0.5) is 31.5 Å². The third-order valence-electron chi connectivity index (χ3n) is 4.06. The number of alkyl halides is 6. The van der Waals surface area contributed by atoms with Crippen LogP contribution in [0.5, 0.6) is 5.75 Å². The summed E-state index contributed by atoms with van der Waals surface area (Å²) >= 11 is 0.657. The lowest BCUT2D eigenvalue weighted by Crippen LogP contribution is -2.11. The maximum absolute atomic E-state index is 13.2. The van der Waals surface area contributed by atoms with Gasteiger partial charge < -0.3 is 10.5 Å². The van der Waals surface area contributed by atoms with Gasteiger partial charge in [-0.25, -0.2) is 4.98 Å². The fraction of sp³-hybridized carbons (Fsp3) is 0.158. The Balaban J connectivity index is 2.22. The van der Waals surface area contributed by atoms with Gasteiger partial charge >= 0.3 is 12.4 Å². The first-order valence-electron chi connectivity index (χ1n) is 8.15. The monoisotopic (exact) mass is 446 g/mol. The third-order valence-corrected chi connectivity index (χ3v) is 4.95. The number of benzene rings is 2. The molecule has 0 saturated carbocycles. The number of carbonyl (C=O) groups excluding carboxylic acids is 1. The summed E-state index contributed by atoms with van der Waals surface area (Å²) in [6.07, 6.45) is -10.1. The van der Waals surface area contributed by atoms with Crippen molar-refractivity contribution in [3.8, 4) is 17.0 Å². The van der Waals surface area contributed by atoms with Crippen LogP contribution in [0, 0.1) is 0 Å². The predicted molar refractivity (Wildman–Crippen MR) is 98.4 cm³/mol. The summed E-state index contributed by atoms with van der Waals surface area (Å²) in [4.78, 5) is 16.6. The number of carbonyl (C=O) groups is 1. The lowest BCUT2D eigenvalue weighted by atomic mass is 9.99. The molecule has 11 heteroatoms. The quantitative estimate of drug-likeness (QED) is 0.414. The van der Waals surface area contributed by atoms with Crippen molar-refractivity contribution in [2.24, 2.45) is 0 Å². The summed E-state index contributed by atoms with van der Waals surface area (Å²) < 4.78 is 84.2. The zero-order valence-electron chi connectivity index (χ0n) is 15.1. The molecule has 158 valence electrons. The van der Waals surface area contributed by atoms with Crippen LogP contribution in [0.1, 0.15) is 26.4 Å². The summed E-state index contributed by atoms with van der Waals surface area (Å²) in [5.41, 5.74) is 1.76. The molecule has 0 spiro atoms. The number of ether oxygens (including phenoxy) is 1. The van der Waals surface area contributed by atoms with Crippen molar-refractivity contribution in [2.45, 2.75) is 12.4 Å². The zero-order valence-corrected chi connectivity index (χ0v) is 15.9. The average Bonchev–Trinajstić information content (AvgIpc) is 3.07. The summed E-state index contributed by atoms with van der Waals surface area (Å²) in [7, 11) is 1.32. The molecule has 3 aromatic rings. The highest BCUT2D eigenvalue weighted by Crippen LogP contribution is 2.41. The van der Waals surface area contributed by atoms with Crippen molar-refractivity contribution in [3.63, 3.8) is 0 Å². The molecule has 0 bridgehead atoms. The molecule has 0 radical (unpaired) electrons. The number of hydrogen-bond acceptors (Lipinski definition) is 5. The normalized spacial score (nSPS) is 12.1. The minimum atomic E-state index is -5.04. The number of rotatable bonds is 4. The summed E-state index contributed by atoms with van der Waals surface area (Å²) in [6.45, 7) is 0. The minimum Gasteiger partial charge on any atom is -0.496 e. The number of halogens is 6. The van der Waals surface area contributed by atoms with Crippen LogP contribution in [0.25, 0.3) is 11.3 Å². The van der Waals surface area contributed by atoms with Crippen molar-refractivity contribution >= 4 is 22.3 Å². The van der Waals surface area contributed by atoms with E-state index in [1.807, 2.05) is 0 Å². The Labute approximate surface area is 169 Å². The smallest absolute Gasteiger partial charge is 0.416 e. The van der Waals surface area contributed by atoms with Crippen molar-refractivity contribution in [1.82, 2.24) is 4.98 Å². The molecule has 2 aromatic carbocycles. The topological polar surface area (TPSA) is 65.2 Å². The lowest BCUT2D eigenvalue weighted by Gasteiger charge is -2.14. The molecule has 0 atom stereocenters. The Morgan fingerprint density at radius 2 is 1.57 bits per heavy atom. The molecule has 30 heavy (non-hydrogen) atoms. The van der Waals surface area contributed by atoms with Crippen LogP contribution in [0.15, 0.2) is 42.5 Å². The number of thiazole rings is 1. The number of hydrogen-bond donors (Lipinski definition) is 1. The number of para-hydroxylation sites is 1. The van der Waals surface area contributed by atoms with Crippen LogP contribution in [-0.2, 0) is 12.4 Å². The minimum absolute atomic E-state index is 0.000937. The van der Waals surface area contributed by atoms with Gasteiger partial charge in [0.05, 0.1) is 29.5 Å². The van der Waals surface area contributed by atoms with E-state index >= 15 is 0 Å². The van der Waals surface area contributed by atoms with E-state index in [-0.39, 0.29) is 33.1 Å². The van der Waals surface area contributed by atoms with E-state index in [1.54, 1.807) is 6.07 Å². The van der Waals surface area contributed by atoms with E-state index in [2.05, 4.69) is 4.98 Å². The van der Waals surface area contributed by atoms with Gasteiger partial charge in [-0.3, -0.25) is 4.79 Å². The first-order chi connectivity index (χ1) is 13.9. The number of nitrogens with two attached hydrogens (primary N) is 1. The third kappa shape index (κ3) is 4.25.